The lowest BCUT2D eigenvalue weighted by atomic mass is 10.1. The number of imidazole rings is 1. The third kappa shape index (κ3) is 4.26. The van der Waals surface area contributed by atoms with Crippen LogP contribution in [0.5, 0.6) is 0 Å². The normalized spacial score (nSPS) is 13.0. The van der Waals surface area contributed by atoms with E-state index in [1.807, 2.05) is 18.0 Å². The lowest BCUT2D eigenvalue weighted by Gasteiger charge is -2.10. The van der Waals surface area contributed by atoms with Gasteiger partial charge in [-0.25, -0.2) is 4.98 Å². The number of aromatic nitrogens is 2. The first kappa shape index (κ1) is 12.6. The third-order valence-corrected chi connectivity index (χ3v) is 3.14. The predicted molar refractivity (Wildman–Crippen MR) is 65.2 cm³/mol. The number of rotatable bonds is 7. The van der Waals surface area contributed by atoms with E-state index in [0.29, 0.717) is 6.42 Å². The minimum absolute atomic E-state index is 0.246. The number of nitrogens with zero attached hydrogens (tertiary/aromatic N) is 2. The number of hydrogen-bond acceptors (Lipinski definition) is 3. The summed E-state index contributed by atoms with van der Waals surface area (Å²) in [6.45, 7) is 3.01. The molecule has 0 aliphatic carbocycles. The second-order valence-electron chi connectivity index (χ2n) is 3.62. The Hall–Kier alpha value is -0.480. The summed E-state index contributed by atoms with van der Waals surface area (Å²) in [6, 6.07) is 0. The highest BCUT2D eigenvalue weighted by Crippen LogP contribution is 2.08. The van der Waals surface area contributed by atoms with E-state index in [2.05, 4.69) is 22.7 Å². The molecule has 0 bridgehead atoms. The van der Waals surface area contributed by atoms with E-state index in [1.165, 1.54) is 0 Å². The molecular formula is C11H20N2OS. The summed E-state index contributed by atoms with van der Waals surface area (Å²) < 4.78 is 2.08. The fraction of sp³-hybridized carbons (Fsp3) is 0.727. The van der Waals surface area contributed by atoms with E-state index in [-0.39, 0.29) is 6.10 Å². The zero-order valence-corrected chi connectivity index (χ0v) is 10.3. The first-order chi connectivity index (χ1) is 7.27. The van der Waals surface area contributed by atoms with Crippen LogP contribution >= 0.6 is 11.8 Å². The van der Waals surface area contributed by atoms with Gasteiger partial charge in [-0.3, -0.25) is 0 Å². The summed E-state index contributed by atoms with van der Waals surface area (Å²) in [4.78, 5) is 4.25. The van der Waals surface area contributed by atoms with Gasteiger partial charge in [0.2, 0.25) is 0 Å². The first-order valence-corrected chi connectivity index (χ1v) is 6.84. The van der Waals surface area contributed by atoms with Crippen molar-refractivity contribution in [3.05, 3.63) is 18.2 Å². The Bertz CT molecular complexity index is 275. The molecule has 0 spiro atoms. The van der Waals surface area contributed by atoms with Crippen molar-refractivity contribution in [1.29, 1.82) is 0 Å². The molecule has 1 N–H and O–H groups in total. The first-order valence-electron chi connectivity index (χ1n) is 5.45. The topological polar surface area (TPSA) is 38.0 Å². The summed E-state index contributed by atoms with van der Waals surface area (Å²) in [5.41, 5.74) is 0. The molecule has 1 atom stereocenters. The fourth-order valence-corrected chi connectivity index (χ4v) is 2.05. The van der Waals surface area contributed by atoms with Crippen molar-refractivity contribution >= 4 is 11.8 Å². The Morgan fingerprint density at radius 1 is 1.60 bits per heavy atom. The molecule has 4 heteroatoms. The minimum Gasteiger partial charge on any atom is -0.393 e. The van der Waals surface area contributed by atoms with Gasteiger partial charge in [0.15, 0.2) is 0 Å². The Labute approximate surface area is 95.9 Å². The molecule has 0 aromatic carbocycles. The summed E-state index contributed by atoms with van der Waals surface area (Å²) in [5.74, 6) is 2.12. The van der Waals surface area contributed by atoms with Crippen molar-refractivity contribution < 1.29 is 5.11 Å². The number of aliphatic hydroxyl groups is 1. The SMILES string of the molecule is CCn1ccnc1CC(O)CCCSC. The molecule has 3 nitrogen and oxygen atoms in total. The molecule has 15 heavy (non-hydrogen) atoms. The van der Waals surface area contributed by atoms with Gasteiger partial charge in [-0.1, -0.05) is 0 Å². The van der Waals surface area contributed by atoms with Crippen molar-refractivity contribution in [2.24, 2.45) is 0 Å². The maximum absolute atomic E-state index is 9.80. The maximum Gasteiger partial charge on any atom is 0.111 e. The number of aryl methyl sites for hydroxylation is 1. The van der Waals surface area contributed by atoms with Crippen molar-refractivity contribution in [3.8, 4) is 0 Å². The van der Waals surface area contributed by atoms with E-state index < -0.39 is 0 Å². The summed E-state index contributed by atoms with van der Waals surface area (Å²) >= 11 is 1.83. The van der Waals surface area contributed by atoms with Gasteiger partial charge in [0.25, 0.3) is 0 Å². The molecule has 1 heterocycles. The monoisotopic (exact) mass is 228 g/mol. The van der Waals surface area contributed by atoms with Crippen LogP contribution in [0.2, 0.25) is 0 Å². The average molecular weight is 228 g/mol. The molecule has 86 valence electrons. The molecule has 1 unspecified atom stereocenters. The summed E-state index contributed by atoms with van der Waals surface area (Å²) in [7, 11) is 0. The molecule has 1 rings (SSSR count). The molecule has 0 aliphatic rings. The van der Waals surface area contributed by atoms with Crippen LogP contribution in [0, 0.1) is 0 Å². The van der Waals surface area contributed by atoms with Crippen molar-refractivity contribution in [2.45, 2.75) is 38.8 Å². The van der Waals surface area contributed by atoms with Gasteiger partial charge in [0.1, 0.15) is 5.82 Å². The van der Waals surface area contributed by atoms with E-state index in [0.717, 1.165) is 31.0 Å². The molecule has 0 aliphatic heterocycles. The second-order valence-corrected chi connectivity index (χ2v) is 4.61. The fourth-order valence-electron chi connectivity index (χ4n) is 1.59. The molecule has 0 radical (unpaired) electrons. The number of thioether (sulfide) groups is 1. The van der Waals surface area contributed by atoms with E-state index >= 15 is 0 Å². The van der Waals surface area contributed by atoms with Crippen LogP contribution in [0.4, 0.5) is 0 Å². The van der Waals surface area contributed by atoms with Crippen LogP contribution in [-0.4, -0.2) is 32.8 Å². The highest BCUT2D eigenvalue weighted by atomic mass is 32.2. The molecule has 1 aromatic heterocycles. The van der Waals surface area contributed by atoms with Gasteiger partial charge in [-0.2, -0.15) is 11.8 Å². The number of aliphatic hydroxyl groups excluding tert-OH is 1. The quantitative estimate of drug-likeness (QED) is 0.725. The van der Waals surface area contributed by atoms with Gasteiger partial charge < -0.3 is 9.67 Å². The van der Waals surface area contributed by atoms with Gasteiger partial charge >= 0.3 is 0 Å². The Balaban J connectivity index is 2.33. The number of hydrogen-bond donors (Lipinski definition) is 1. The van der Waals surface area contributed by atoms with E-state index in [9.17, 15) is 5.11 Å². The highest BCUT2D eigenvalue weighted by molar-refractivity contribution is 7.98. The van der Waals surface area contributed by atoms with E-state index in [1.54, 1.807) is 6.20 Å². The Morgan fingerprint density at radius 2 is 2.40 bits per heavy atom. The molecule has 0 amide bonds. The zero-order chi connectivity index (χ0) is 11.1. The molecular weight excluding hydrogens is 208 g/mol. The maximum atomic E-state index is 9.80. The lowest BCUT2D eigenvalue weighted by Crippen LogP contribution is -2.14. The van der Waals surface area contributed by atoms with Crippen LogP contribution in [0.3, 0.4) is 0 Å². The highest BCUT2D eigenvalue weighted by Gasteiger charge is 2.09. The predicted octanol–water partition coefficient (Wildman–Crippen LogP) is 1.95. The zero-order valence-electron chi connectivity index (χ0n) is 9.52. The molecule has 0 fully saturated rings. The van der Waals surface area contributed by atoms with Crippen LogP contribution < -0.4 is 0 Å². The van der Waals surface area contributed by atoms with Crippen LogP contribution in [0.25, 0.3) is 0 Å². The van der Waals surface area contributed by atoms with Gasteiger partial charge in [-0.05, 0) is 31.8 Å². The van der Waals surface area contributed by atoms with Crippen LogP contribution in [0.1, 0.15) is 25.6 Å². The third-order valence-electron chi connectivity index (χ3n) is 2.45. The second kappa shape index (κ2) is 6.90. The van der Waals surface area contributed by atoms with Gasteiger partial charge in [0, 0.05) is 25.4 Å². The Morgan fingerprint density at radius 3 is 3.07 bits per heavy atom. The van der Waals surface area contributed by atoms with Crippen LogP contribution in [0.15, 0.2) is 12.4 Å². The largest absolute Gasteiger partial charge is 0.393 e. The molecule has 0 saturated carbocycles. The van der Waals surface area contributed by atoms with Crippen LogP contribution in [-0.2, 0) is 13.0 Å². The molecule has 0 saturated heterocycles. The smallest absolute Gasteiger partial charge is 0.111 e. The Kier molecular flexibility index (Phi) is 5.79. The van der Waals surface area contributed by atoms with Crippen molar-refractivity contribution in [2.75, 3.05) is 12.0 Å². The minimum atomic E-state index is -0.246. The molecule has 1 aromatic rings. The van der Waals surface area contributed by atoms with Crippen molar-refractivity contribution in [3.63, 3.8) is 0 Å². The summed E-state index contributed by atoms with van der Waals surface area (Å²) in [6.07, 6.45) is 8.24. The standard InChI is InChI=1S/C11H20N2OS/c1-3-13-7-6-12-11(13)9-10(14)5-4-8-15-2/h6-7,10,14H,3-5,8-9H2,1-2H3. The lowest BCUT2D eigenvalue weighted by molar-refractivity contribution is 0.160. The summed E-state index contributed by atoms with van der Waals surface area (Å²) in [5, 5.41) is 9.80. The van der Waals surface area contributed by atoms with Gasteiger partial charge in [0.05, 0.1) is 6.10 Å². The van der Waals surface area contributed by atoms with Gasteiger partial charge in [-0.15, -0.1) is 0 Å². The van der Waals surface area contributed by atoms with Crippen molar-refractivity contribution in [1.82, 2.24) is 9.55 Å². The average Bonchev–Trinajstić information content (AvgIpc) is 2.65. The van der Waals surface area contributed by atoms with E-state index in [4.69, 9.17) is 0 Å².